The highest BCUT2D eigenvalue weighted by molar-refractivity contribution is 7.10. The van der Waals surface area contributed by atoms with E-state index in [1.54, 1.807) is 11.3 Å². The molecule has 0 aliphatic carbocycles. The van der Waals surface area contributed by atoms with Gasteiger partial charge in [0.05, 0.1) is 6.04 Å². The predicted molar refractivity (Wildman–Crippen MR) is 71.4 cm³/mol. The number of rotatable bonds is 5. The van der Waals surface area contributed by atoms with Crippen molar-refractivity contribution in [2.45, 2.75) is 32.2 Å². The molecule has 0 bridgehead atoms. The fourth-order valence-corrected chi connectivity index (χ4v) is 2.74. The zero-order valence-corrected chi connectivity index (χ0v) is 11.5. The van der Waals surface area contributed by atoms with Crippen molar-refractivity contribution in [3.05, 3.63) is 22.4 Å². The van der Waals surface area contributed by atoms with Crippen molar-refractivity contribution in [3.8, 4) is 0 Å². The number of carbonyl (C=O) groups is 3. The van der Waals surface area contributed by atoms with E-state index >= 15 is 0 Å². The number of amides is 3. The first kappa shape index (κ1) is 13.7. The molecule has 1 fully saturated rings. The molecule has 1 atom stereocenters. The Hall–Kier alpha value is -1.69. The van der Waals surface area contributed by atoms with Gasteiger partial charge in [0.1, 0.15) is 0 Å². The third kappa shape index (κ3) is 3.41. The number of carbonyl (C=O) groups excluding carboxylic acids is 3. The molecule has 0 aromatic carbocycles. The van der Waals surface area contributed by atoms with Crippen LogP contribution >= 0.6 is 11.3 Å². The van der Waals surface area contributed by atoms with E-state index in [4.69, 9.17) is 0 Å². The summed E-state index contributed by atoms with van der Waals surface area (Å²) in [6.45, 7) is 2.09. The van der Waals surface area contributed by atoms with Crippen molar-refractivity contribution >= 4 is 29.1 Å². The third-order valence-corrected chi connectivity index (χ3v) is 4.12. The first-order chi connectivity index (χ1) is 9.08. The molecule has 1 saturated heterocycles. The Kier molecular flexibility index (Phi) is 4.31. The second-order valence-electron chi connectivity index (χ2n) is 4.49. The SMILES string of the molecule is C[C@H](NC(=O)CCN1C(=O)CCC1=O)c1cccs1. The highest BCUT2D eigenvalue weighted by Gasteiger charge is 2.28. The Morgan fingerprint density at radius 1 is 1.42 bits per heavy atom. The minimum absolute atomic E-state index is 0.0440. The van der Waals surface area contributed by atoms with Gasteiger partial charge in [-0.1, -0.05) is 6.07 Å². The van der Waals surface area contributed by atoms with Crippen LogP contribution in [0.25, 0.3) is 0 Å². The minimum atomic E-state index is -0.177. The molecule has 6 heteroatoms. The summed E-state index contributed by atoms with van der Waals surface area (Å²) < 4.78 is 0. The number of hydrogen-bond donors (Lipinski definition) is 1. The second-order valence-corrected chi connectivity index (χ2v) is 5.47. The molecule has 1 aliphatic rings. The monoisotopic (exact) mass is 280 g/mol. The van der Waals surface area contributed by atoms with Crippen molar-refractivity contribution in [3.63, 3.8) is 0 Å². The topological polar surface area (TPSA) is 66.5 Å². The Labute approximate surface area is 115 Å². The van der Waals surface area contributed by atoms with Crippen LogP contribution in [0.3, 0.4) is 0 Å². The molecule has 0 spiro atoms. The number of likely N-dealkylation sites (tertiary alicyclic amines) is 1. The molecule has 0 unspecified atom stereocenters. The van der Waals surface area contributed by atoms with Crippen LogP contribution in [-0.2, 0) is 14.4 Å². The van der Waals surface area contributed by atoms with Crippen molar-refractivity contribution in [1.29, 1.82) is 0 Å². The summed E-state index contributed by atoms with van der Waals surface area (Å²) in [6, 6.07) is 3.85. The lowest BCUT2D eigenvalue weighted by Gasteiger charge is -2.15. The van der Waals surface area contributed by atoms with Crippen LogP contribution in [0.5, 0.6) is 0 Å². The maximum absolute atomic E-state index is 11.8. The lowest BCUT2D eigenvalue weighted by molar-refractivity contribution is -0.138. The second kappa shape index (κ2) is 5.97. The van der Waals surface area contributed by atoms with Crippen molar-refractivity contribution < 1.29 is 14.4 Å². The number of nitrogens with zero attached hydrogens (tertiary/aromatic N) is 1. The van der Waals surface area contributed by atoms with Crippen molar-refractivity contribution in [2.24, 2.45) is 0 Å². The largest absolute Gasteiger partial charge is 0.349 e. The molecule has 19 heavy (non-hydrogen) atoms. The maximum atomic E-state index is 11.8. The summed E-state index contributed by atoms with van der Waals surface area (Å²) in [4.78, 5) is 36.8. The molecule has 1 aromatic rings. The summed E-state index contributed by atoms with van der Waals surface area (Å²) in [5.74, 6) is -0.499. The van der Waals surface area contributed by atoms with Gasteiger partial charge in [0, 0.05) is 30.7 Å². The van der Waals surface area contributed by atoms with Gasteiger partial charge < -0.3 is 5.32 Å². The predicted octanol–water partition coefficient (Wildman–Crippen LogP) is 1.46. The lowest BCUT2D eigenvalue weighted by atomic mass is 10.2. The summed E-state index contributed by atoms with van der Waals surface area (Å²) in [7, 11) is 0. The number of thiophene rings is 1. The average Bonchev–Trinajstić information content (AvgIpc) is 2.98. The van der Waals surface area contributed by atoms with E-state index in [1.807, 2.05) is 24.4 Å². The molecule has 3 amide bonds. The fourth-order valence-electron chi connectivity index (χ4n) is 2.01. The normalized spacial score (nSPS) is 16.8. The zero-order chi connectivity index (χ0) is 13.8. The first-order valence-electron chi connectivity index (χ1n) is 6.24. The van der Waals surface area contributed by atoms with Crippen LogP contribution in [0.1, 0.15) is 37.1 Å². The van der Waals surface area contributed by atoms with Gasteiger partial charge in [-0.3, -0.25) is 19.3 Å². The highest BCUT2D eigenvalue weighted by Crippen LogP contribution is 2.18. The number of hydrogen-bond acceptors (Lipinski definition) is 4. The molecule has 2 rings (SSSR count). The summed E-state index contributed by atoms with van der Waals surface area (Å²) in [6.07, 6.45) is 0.700. The van der Waals surface area contributed by atoms with Gasteiger partial charge in [-0.2, -0.15) is 0 Å². The van der Waals surface area contributed by atoms with Crippen LogP contribution < -0.4 is 5.32 Å². The average molecular weight is 280 g/mol. The lowest BCUT2D eigenvalue weighted by Crippen LogP contribution is -2.34. The van der Waals surface area contributed by atoms with E-state index in [2.05, 4.69) is 5.32 Å². The molecule has 5 nitrogen and oxygen atoms in total. The van der Waals surface area contributed by atoms with E-state index in [9.17, 15) is 14.4 Å². The van der Waals surface area contributed by atoms with E-state index in [1.165, 1.54) is 4.90 Å². The fraction of sp³-hybridized carbons (Fsp3) is 0.462. The summed E-state index contributed by atoms with van der Waals surface area (Å²) in [5, 5.41) is 4.82. The van der Waals surface area contributed by atoms with Gasteiger partial charge in [0.25, 0.3) is 0 Å². The zero-order valence-electron chi connectivity index (χ0n) is 10.7. The van der Waals surface area contributed by atoms with Crippen LogP contribution in [0, 0.1) is 0 Å². The quantitative estimate of drug-likeness (QED) is 0.830. The van der Waals surface area contributed by atoms with E-state index in [0.717, 1.165) is 4.88 Å². The standard InChI is InChI=1S/C13H16N2O3S/c1-9(10-3-2-8-19-10)14-11(16)6-7-15-12(17)4-5-13(15)18/h2-3,8-9H,4-7H2,1H3,(H,14,16)/t9-/m0/s1. The molecule has 0 saturated carbocycles. The Morgan fingerprint density at radius 2 is 2.11 bits per heavy atom. The van der Waals surface area contributed by atoms with E-state index in [-0.39, 0.29) is 49.6 Å². The molecule has 1 N–H and O–H groups in total. The molecule has 0 radical (unpaired) electrons. The highest BCUT2D eigenvalue weighted by atomic mass is 32.1. The van der Waals surface area contributed by atoms with Crippen molar-refractivity contribution in [1.82, 2.24) is 10.2 Å². The molecule has 1 aromatic heterocycles. The molecule has 102 valence electrons. The number of imide groups is 1. The number of nitrogens with one attached hydrogen (secondary N) is 1. The van der Waals surface area contributed by atoms with Crippen LogP contribution in [0.2, 0.25) is 0 Å². The van der Waals surface area contributed by atoms with Gasteiger partial charge >= 0.3 is 0 Å². The van der Waals surface area contributed by atoms with Crippen LogP contribution in [0.4, 0.5) is 0 Å². The summed E-state index contributed by atoms with van der Waals surface area (Å²) >= 11 is 1.58. The minimum Gasteiger partial charge on any atom is -0.349 e. The van der Waals surface area contributed by atoms with Crippen LogP contribution in [-0.4, -0.2) is 29.2 Å². The van der Waals surface area contributed by atoms with Crippen molar-refractivity contribution in [2.75, 3.05) is 6.54 Å². The molecule has 1 aliphatic heterocycles. The maximum Gasteiger partial charge on any atom is 0.229 e. The molecule has 2 heterocycles. The van der Waals surface area contributed by atoms with E-state index < -0.39 is 0 Å². The molecular formula is C13H16N2O3S. The smallest absolute Gasteiger partial charge is 0.229 e. The van der Waals surface area contributed by atoms with Gasteiger partial charge in [-0.05, 0) is 18.4 Å². The third-order valence-electron chi connectivity index (χ3n) is 3.06. The van der Waals surface area contributed by atoms with Crippen LogP contribution in [0.15, 0.2) is 17.5 Å². The Morgan fingerprint density at radius 3 is 2.68 bits per heavy atom. The van der Waals surface area contributed by atoms with Gasteiger partial charge in [0.2, 0.25) is 17.7 Å². The summed E-state index contributed by atoms with van der Waals surface area (Å²) in [5.41, 5.74) is 0. The van der Waals surface area contributed by atoms with Gasteiger partial charge in [-0.25, -0.2) is 0 Å². The molecular weight excluding hydrogens is 264 g/mol. The Bertz CT molecular complexity index is 468. The first-order valence-corrected chi connectivity index (χ1v) is 7.12. The van der Waals surface area contributed by atoms with E-state index in [0.29, 0.717) is 0 Å². The van der Waals surface area contributed by atoms with Gasteiger partial charge in [0.15, 0.2) is 0 Å². The Balaban J connectivity index is 1.79. The van der Waals surface area contributed by atoms with Gasteiger partial charge in [-0.15, -0.1) is 11.3 Å².